The predicted octanol–water partition coefficient (Wildman–Crippen LogP) is 5.52. The second-order valence-electron chi connectivity index (χ2n) is 9.48. The lowest BCUT2D eigenvalue weighted by atomic mass is 9.99. The number of aliphatic imine (C=N–C) groups is 1. The van der Waals surface area contributed by atoms with Gasteiger partial charge in [-0.2, -0.15) is 0 Å². The Balaban J connectivity index is 1.80. The summed E-state index contributed by atoms with van der Waals surface area (Å²) in [5.41, 5.74) is 5.08. The van der Waals surface area contributed by atoms with Crippen molar-refractivity contribution in [3.05, 3.63) is 94.8 Å². The summed E-state index contributed by atoms with van der Waals surface area (Å²) < 4.78 is 13.9. The molecule has 0 spiro atoms. The fourth-order valence-electron chi connectivity index (χ4n) is 4.05. The molecule has 6 nitrogen and oxygen atoms in total. The molecule has 0 atom stereocenters. The van der Waals surface area contributed by atoms with Crippen LogP contribution < -0.4 is 5.32 Å². The topological polar surface area (TPSA) is 80.7 Å². The number of halogens is 1. The summed E-state index contributed by atoms with van der Waals surface area (Å²) in [7, 11) is 4.03. The summed E-state index contributed by atoms with van der Waals surface area (Å²) in [4.78, 5) is 22.0. The normalized spacial score (nSPS) is 12.0. The van der Waals surface area contributed by atoms with Crippen LogP contribution in [0.15, 0.2) is 71.7 Å². The predicted molar refractivity (Wildman–Crippen MR) is 142 cm³/mol. The van der Waals surface area contributed by atoms with Crippen molar-refractivity contribution in [2.45, 2.75) is 26.9 Å². The van der Waals surface area contributed by atoms with Crippen LogP contribution in [0.2, 0.25) is 0 Å². The van der Waals surface area contributed by atoms with Gasteiger partial charge in [-0.25, -0.2) is 9.38 Å². The van der Waals surface area contributed by atoms with Gasteiger partial charge in [-0.15, -0.1) is 0 Å². The average molecular weight is 487 g/mol. The first-order valence-electron chi connectivity index (χ1n) is 11.9. The molecular weight excluding hydrogens is 455 g/mol. The van der Waals surface area contributed by atoms with E-state index in [0.717, 1.165) is 28.9 Å². The Morgan fingerprint density at radius 2 is 1.81 bits per heavy atom. The molecule has 1 heterocycles. The van der Waals surface area contributed by atoms with Gasteiger partial charge in [0, 0.05) is 30.0 Å². The number of carbonyl (C=O) groups excluding carboxylic acids is 1. The molecule has 0 radical (unpaired) electrons. The van der Waals surface area contributed by atoms with Crippen LogP contribution in [0.25, 0.3) is 10.9 Å². The van der Waals surface area contributed by atoms with E-state index < -0.39 is 5.82 Å². The molecule has 4 rings (SSSR count). The first kappa shape index (κ1) is 25.1. The number of aromatic nitrogens is 1. The number of hydrogen-bond donors (Lipinski definition) is 3. The molecular formula is C29H31FN4O2. The van der Waals surface area contributed by atoms with Crippen molar-refractivity contribution in [2.24, 2.45) is 10.9 Å². The maximum absolute atomic E-state index is 13.9. The maximum Gasteiger partial charge on any atom is 0.222 e. The lowest BCUT2D eigenvalue weighted by molar-refractivity contribution is -0.124. The number of fused-ring (bicyclic) bond motifs is 1. The highest BCUT2D eigenvalue weighted by molar-refractivity contribution is 6.21. The lowest BCUT2D eigenvalue weighted by Crippen LogP contribution is -2.27. The fourth-order valence-corrected chi connectivity index (χ4v) is 4.05. The van der Waals surface area contributed by atoms with E-state index in [9.17, 15) is 14.3 Å². The van der Waals surface area contributed by atoms with E-state index in [1.165, 1.54) is 12.1 Å². The first-order valence-corrected chi connectivity index (χ1v) is 11.9. The SMILES string of the molecule is CC(C)C(=O)NCc1cccc(C(=Nc2ccc(CN(C)C)cc2)c2c(O)[nH]c3cc(F)ccc23)c1. The average Bonchev–Trinajstić information content (AvgIpc) is 3.16. The van der Waals surface area contributed by atoms with Crippen molar-refractivity contribution in [1.29, 1.82) is 0 Å². The Labute approximate surface area is 210 Å². The molecule has 0 aliphatic rings. The van der Waals surface area contributed by atoms with Gasteiger partial charge in [0.2, 0.25) is 5.91 Å². The van der Waals surface area contributed by atoms with Crippen LogP contribution in [0, 0.1) is 11.7 Å². The van der Waals surface area contributed by atoms with Crippen LogP contribution in [0.3, 0.4) is 0 Å². The number of H-pyrrole nitrogens is 1. The van der Waals surface area contributed by atoms with Crippen LogP contribution in [0.1, 0.15) is 36.1 Å². The minimum atomic E-state index is -0.395. The van der Waals surface area contributed by atoms with E-state index in [2.05, 4.69) is 15.2 Å². The van der Waals surface area contributed by atoms with E-state index in [0.29, 0.717) is 28.7 Å². The third-order valence-electron chi connectivity index (χ3n) is 5.85. The molecule has 7 heteroatoms. The Bertz CT molecular complexity index is 1400. The van der Waals surface area contributed by atoms with Gasteiger partial charge in [-0.05, 0) is 61.6 Å². The second kappa shape index (κ2) is 10.7. The van der Waals surface area contributed by atoms with Gasteiger partial charge in [0.25, 0.3) is 0 Å². The molecule has 1 amide bonds. The van der Waals surface area contributed by atoms with Crippen molar-refractivity contribution in [3.8, 4) is 5.88 Å². The monoisotopic (exact) mass is 486 g/mol. The van der Waals surface area contributed by atoms with Crippen LogP contribution in [0.5, 0.6) is 5.88 Å². The molecule has 4 aromatic rings. The van der Waals surface area contributed by atoms with Crippen molar-refractivity contribution >= 4 is 28.2 Å². The smallest absolute Gasteiger partial charge is 0.222 e. The van der Waals surface area contributed by atoms with Crippen molar-refractivity contribution in [2.75, 3.05) is 14.1 Å². The molecule has 3 aromatic carbocycles. The largest absolute Gasteiger partial charge is 0.494 e. The minimum Gasteiger partial charge on any atom is -0.494 e. The van der Waals surface area contributed by atoms with Gasteiger partial charge in [0.1, 0.15) is 5.82 Å². The van der Waals surface area contributed by atoms with Gasteiger partial charge in [-0.1, -0.05) is 44.2 Å². The van der Waals surface area contributed by atoms with E-state index in [4.69, 9.17) is 4.99 Å². The molecule has 186 valence electrons. The summed E-state index contributed by atoms with van der Waals surface area (Å²) in [5.74, 6) is -0.613. The first-order chi connectivity index (χ1) is 17.2. The number of carbonyl (C=O) groups is 1. The maximum atomic E-state index is 13.9. The van der Waals surface area contributed by atoms with E-state index in [1.54, 1.807) is 6.07 Å². The van der Waals surface area contributed by atoms with Crippen LogP contribution in [-0.2, 0) is 17.9 Å². The van der Waals surface area contributed by atoms with Crippen molar-refractivity contribution in [3.63, 3.8) is 0 Å². The van der Waals surface area contributed by atoms with E-state index >= 15 is 0 Å². The Hall–Kier alpha value is -3.97. The van der Waals surface area contributed by atoms with Gasteiger partial charge in [0.05, 0.1) is 22.5 Å². The molecule has 0 aliphatic carbocycles. The zero-order valence-corrected chi connectivity index (χ0v) is 21.0. The number of aromatic amines is 1. The number of benzene rings is 3. The third kappa shape index (κ3) is 5.80. The number of nitrogens with one attached hydrogen (secondary N) is 2. The van der Waals surface area contributed by atoms with Crippen LogP contribution >= 0.6 is 0 Å². The molecule has 0 unspecified atom stereocenters. The lowest BCUT2D eigenvalue weighted by Gasteiger charge is -2.12. The highest BCUT2D eigenvalue weighted by atomic mass is 19.1. The molecule has 36 heavy (non-hydrogen) atoms. The van der Waals surface area contributed by atoms with Gasteiger partial charge < -0.3 is 20.3 Å². The Morgan fingerprint density at radius 1 is 1.06 bits per heavy atom. The van der Waals surface area contributed by atoms with Gasteiger partial charge in [-0.3, -0.25) is 4.79 Å². The van der Waals surface area contributed by atoms with Crippen LogP contribution in [0.4, 0.5) is 10.1 Å². The number of amides is 1. The van der Waals surface area contributed by atoms with Crippen LogP contribution in [-0.4, -0.2) is 40.7 Å². The Kier molecular flexibility index (Phi) is 7.50. The third-order valence-corrected chi connectivity index (χ3v) is 5.85. The summed E-state index contributed by atoms with van der Waals surface area (Å²) in [6.07, 6.45) is 0. The number of hydrogen-bond acceptors (Lipinski definition) is 4. The molecule has 0 fully saturated rings. The summed E-state index contributed by atoms with van der Waals surface area (Å²) >= 11 is 0. The summed E-state index contributed by atoms with van der Waals surface area (Å²) in [6, 6.07) is 20.0. The second-order valence-corrected chi connectivity index (χ2v) is 9.48. The standard InChI is InChI=1S/C29H31FN4O2/c1-18(2)28(35)31-16-20-6-5-7-21(14-20)27(32-23-11-8-19(9-12-23)17-34(3)4)26-24-13-10-22(30)15-25(24)33-29(26)36/h5-15,18,33,36H,16-17H2,1-4H3,(H,31,35). The molecule has 0 aliphatic heterocycles. The molecule has 3 N–H and O–H groups in total. The number of rotatable bonds is 8. The quantitative estimate of drug-likeness (QED) is 0.287. The molecule has 0 bridgehead atoms. The minimum absolute atomic E-state index is 0.0246. The van der Waals surface area contributed by atoms with Gasteiger partial charge >= 0.3 is 0 Å². The Morgan fingerprint density at radius 3 is 2.50 bits per heavy atom. The molecule has 0 saturated carbocycles. The number of nitrogens with zero attached hydrogens (tertiary/aromatic N) is 2. The zero-order chi connectivity index (χ0) is 25.8. The van der Waals surface area contributed by atoms with E-state index in [-0.39, 0.29) is 17.7 Å². The number of aromatic hydroxyl groups is 1. The highest BCUT2D eigenvalue weighted by Crippen LogP contribution is 2.32. The fraction of sp³-hybridized carbons (Fsp3) is 0.241. The summed E-state index contributed by atoms with van der Waals surface area (Å²) in [6.45, 7) is 4.89. The van der Waals surface area contributed by atoms with E-state index in [1.807, 2.05) is 76.5 Å². The van der Waals surface area contributed by atoms with Crippen molar-refractivity contribution in [1.82, 2.24) is 15.2 Å². The highest BCUT2D eigenvalue weighted by Gasteiger charge is 2.19. The molecule has 1 aromatic heterocycles. The van der Waals surface area contributed by atoms with Crippen molar-refractivity contribution < 1.29 is 14.3 Å². The molecule has 0 saturated heterocycles. The summed E-state index contributed by atoms with van der Waals surface area (Å²) in [5, 5.41) is 14.5. The zero-order valence-electron chi connectivity index (χ0n) is 21.0. The van der Waals surface area contributed by atoms with Gasteiger partial charge in [0.15, 0.2) is 5.88 Å².